The smallest absolute Gasteiger partial charge is 0.228 e. The van der Waals surface area contributed by atoms with Gasteiger partial charge in [0.25, 0.3) is 0 Å². The highest BCUT2D eigenvalue weighted by Crippen LogP contribution is 2.50. The van der Waals surface area contributed by atoms with Crippen molar-refractivity contribution in [2.45, 2.75) is 89.0 Å². The van der Waals surface area contributed by atoms with Crippen LogP contribution in [-0.2, 0) is 16.6 Å². The van der Waals surface area contributed by atoms with Crippen molar-refractivity contribution in [2.75, 3.05) is 37.6 Å². The Hall–Kier alpha value is -1.92. The number of fused-ring (bicyclic) bond motifs is 2. The summed E-state index contributed by atoms with van der Waals surface area (Å²) in [5.41, 5.74) is 2.66. The van der Waals surface area contributed by atoms with E-state index in [1.54, 1.807) is 0 Å². The van der Waals surface area contributed by atoms with Crippen LogP contribution in [0.2, 0.25) is 0 Å². The summed E-state index contributed by atoms with van der Waals surface area (Å²) in [5, 5.41) is 4.91. The summed E-state index contributed by atoms with van der Waals surface area (Å²) in [6.45, 7) is 9.51. The molecule has 0 radical (unpaired) electrons. The zero-order chi connectivity index (χ0) is 25.4. The number of carbonyl (C=O) groups is 1. The number of piperidine rings is 1. The van der Waals surface area contributed by atoms with Gasteiger partial charge >= 0.3 is 0 Å². The van der Waals surface area contributed by atoms with Gasteiger partial charge in [-0.05, 0) is 62.3 Å². The second kappa shape index (κ2) is 10.7. The molecule has 6 heteroatoms. The zero-order valence-electron chi connectivity index (χ0n) is 22.8. The van der Waals surface area contributed by atoms with E-state index in [4.69, 9.17) is 4.98 Å². The van der Waals surface area contributed by atoms with Crippen molar-refractivity contribution in [2.24, 2.45) is 11.8 Å². The molecule has 6 rings (SSSR count). The molecule has 3 aliphatic heterocycles. The average molecular weight is 521 g/mol. The molecule has 1 aromatic carbocycles. The maximum atomic E-state index is 14.6. The van der Waals surface area contributed by atoms with Crippen LogP contribution in [-0.4, -0.2) is 54.6 Å². The standard InChI is InChI=1S/C31H44N4OS/c1-3-22(4-2)27-19-24(23-11-6-5-7-12-23)14-18-35(27)29(36)25-20-32-21-31(25)15-10-13-26-28(31)37-30(33-26)34-16-8-9-17-34/h5-7,11-12,22,24-25,27,32H,3-4,8-10,13-21H2,1-2H3/t24-,25+,27+,31-/m1/s1. The minimum absolute atomic E-state index is 0.0311. The molecule has 3 saturated heterocycles. The zero-order valence-corrected chi connectivity index (χ0v) is 23.6. The lowest BCUT2D eigenvalue weighted by molar-refractivity contribution is -0.142. The van der Waals surface area contributed by atoms with Gasteiger partial charge in [-0.15, -0.1) is 11.3 Å². The van der Waals surface area contributed by atoms with Gasteiger partial charge in [0.15, 0.2) is 5.13 Å². The molecule has 1 spiro atoms. The number of nitrogens with zero attached hydrogens (tertiary/aromatic N) is 3. The summed E-state index contributed by atoms with van der Waals surface area (Å²) in [4.78, 5) is 26.0. The molecule has 3 fully saturated rings. The van der Waals surface area contributed by atoms with Gasteiger partial charge in [-0.2, -0.15) is 0 Å². The molecular formula is C31H44N4OS. The number of rotatable bonds is 6. The third-order valence-corrected chi connectivity index (χ3v) is 11.5. The number of likely N-dealkylation sites (tertiary alicyclic amines) is 1. The normalized spacial score (nSPS) is 29.9. The Balaban J connectivity index is 1.29. The predicted molar refractivity (Wildman–Crippen MR) is 153 cm³/mol. The van der Waals surface area contributed by atoms with Gasteiger partial charge in [0, 0.05) is 49.1 Å². The summed E-state index contributed by atoms with van der Waals surface area (Å²) in [6, 6.07) is 11.3. The molecule has 4 atom stereocenters. The van der Waals surface area contributed by atoms with Crippen molar-refractivity contribution in [3.05, 3.63) is 46.5 Å². The molecule has 4 aliphatic rings. The fraction of sp³-hybridized carbons (Fsp3) is 0.677. The van der Waals surface area contributed by atoms with Crippen LogP contribution in [0.1, 0.15) is 87.3 Å². The van der Waals surface area contributed by atoms with Gasteiger partial charge in [0.2, 0.25) is 5.91 Å². The van der Waals surface area contributed by atoms with Gasteiger partial charge in [-0.1, -0.05) is 57.0 Å². The maximum absolute atomic E-state index is 14.6. The van der Waals surface area contributed by atoms with Crippen LogP contribution >= 0.6 is 11.3 Å². The fourth-order valence-corrected chi connectivity index (χ4v) is 9.42. The van der Waals surface area contributed by atoms with E-state index < -0.39 is 0 Å². The van der Waals surface area contributed by atoms with Crippen molar-refractivity contribution in [1.29, 1.82) is 0 Å². The highest BCUT2D eigenvalue weighted by molar-refractivity contribution is 7.16. The number of thiazole rings is 1. The topological polar surface area (TPSA) is 48.5 Å². The first-order valence-corrected chi connectivity index (χ1v) is 15.8. The van der Waals surface area contributed by atoms with Crippen LogP contribution in [0.15, 0.2) is 30.3 Å². The molecule has 37 heavy (non-hydrogen) atoms. The first kappa shape index (κ1) is 25.4. The summed E-state index contributed by atoms with van der Waals surface area (Å²) in [7, 11) is 0. The number of hydrogen-bond acceptors (Lipinski definition) is 5. The van der Waals surface area contributed by atoms with Crippen molar-refractivity contribution >= 4 is 22.4 Å². The molecule has 0 saturated carbocycles. The second-order valence-corrected chi connectivity index (χ2v) is 12.9. The van der Waals surface area contributed by atoms with E-state index in [1.807, 2.05) is 11.3 Å². The quantitative estimate of drug-likeness (QED) is 0.527. The molecule has 5 nitrogen and oxygen atoms in total. The monoisotopic (exact) mass is 520 g/mol. The number of anilines is 1. The first-order valence-electron chi connectivity index (χ1n) is 15.0. The van der Waals surface area contributed by atoms with E-state index >= 15 is 0 Å². The highest BCUT2D eigenvalue weighted by Gasteiger charge is 2.53. The van der Waals surface area contributed by atoms with Crippen LogP contribution < -0.4 is 10.2 Å². The number of amides is 1. The van der Waals surface area contributed by atoms with Gasteiger partial charge in [0.05, 0.1) is 11.6 Å². The van der Waals surface area contributed by atoms with Crippen molar-refractivity contribution in [3.63, 3.8) is 0 Å². The molecule has 1 aliphatic carbocycles. The summed E-state index contributed by atoms with van der Waals surface area (Å²) in [6.07, 6.45) is 10.3. The summed E-state index contributed by atoms with van der Waals surface area (Å²) >= 11 is 1.91. The SMILES string of the molecule is CCC(CC)[C@@H]1C[C@H](c2ccccc2)CCN1C(=O)[C@@H]1CNC[C@]12CCCc1nc(N3CCCC3)sc12. The third kappa shape index (κ3) is 4.52. The highest BCUT2D eigenvalue weighted by atomic mass is 32.1. The number of hydrogen-bond donors (Lipinski definition) is 1. The van der Waals surface area contributed by atoms with E-state index in [9.17, 15) is 4.79 Å². The van der Waals surface area contributed by atoms with Crippen LogP contribution in [0.25, 0.3) is 0 Å². The molecule has 4 heterocycles. The van der Waals surface area contributed by atoms with Crippen LogP contribution in [0.5, 0.6) is 0 Å². The lowest BCUT2D eigenvalue weighted by atomic mass is 9.68. The van der Waals surface area contributed by atoms with Gasteiger partial charge in [-0.25, -0.2) is 4.98 Å². The molecule has 1 aromatic heterocycles. The molecule has 2 aromatic rings. The second-order valence-electron chi connectivity index (χ2n) is 12.0. The number of carbonyl (C=O) groups excluding carboxylic acids is 1. The largest absolute Gasteiger partial charge is 0.348 e. The minimum Gasteiger partial charge on any atom is -0.348 e. The Bertz CT molecular complexity index is 1080. The predicted octanol–water partition coefficient (Wildman–Crippen LogP) is 5.75. The molecule has 1 N–H and O–H groups in total. The number of aromatic nitrogens is 1. The Labute approximate surface area is 227 Å². The van der Waals surface area contributed by atoms with E-state index in [-0.39, 0.29) is 11.3 Å². The van der Waals surface area contributed by atoms with Crippen molar-refractivity contribution in [1.82, 2.24) is 15.2 Å². The van der Waals surface area contributed by atoms with Gasteiger partial charge in [-0.3, -0.25) is 4.79 Å². The molecule has 200 valence electrons. The molecule has 0 unspecified atom stereocenters. The van der Waals surface area contributed by atoms with Crippen LogP contribution in [0.3, 0.4) is 0 Å². The van der Waals surface area contributed by atoms with E-state index in [1.165, 1.54) is 34.1 Å². The van der Waals surface area contributed by atoms with E-state index in [0.717, 1.165) is 77.7 Å². The first-order chi connectivity index (χ1) is 18.1. The number of benzene rings is 1. The minimum atomic E-state index is -0.0743. The van der Waals surface area contributed by atoms with Crippen LogP contribution in [0, 0.1) is 11.8 Å². The fourth-order valence-electron chi connectivity index (χ4n) is 7.99. The van der Waals surface area contributed by atoms with Crippen molar-refractivity contribution in [3.8, 4) is 0 Å². The van der Waals surface area contributed by atoms with Crippen molar-refractivity contribution < 1.29 is 4.79 Å². The lowest BCUT2D eigenvalue weighted by Crippen LogP contribution is -2.54. The van der Waals surface area contributed by atoms with Gasteiger partial charge < -0.3 is 15.1 Å². The Morgan fingerprint density at radius 3 is 2.68 bits per heavy atom. The molecular weight excluding hydrogens is 476 g/mol. The molecule has 1 amide bonds. The lowest BCUT2D eigenvalue weighted by Gasteiger charge is -2.46. The Morgan fingerprint density at radius 2 is 1.92 bits per heavy atom. The maximum Gasteiger partial charge on any atom is 0.228 e. The number of aryl methyl sites for hydroxylation is 1. The summed E-state index contributed by atoms with van der Waals surface area (Å²) in [5.74, 6) is 1.56. The van der Waals surface area contributed by atoms with E-state index in [2.05, 4.69) is 59.3 Å². The number of nitrogens with one attached hydrogen (secondary N) is 1. The molecule has 0 bridgehead atoms. The van der Waals surface area contributed by atoms with Crippen LogP contribution in [0.4, 0.5) is 5.13 Å². The third-order valence-electron chi connectivity index (χ3n) is 10.1. The average Bonchev–Trinajstić information content (AvgIpc) is 3.70. The Morgan fingerprint density at radius 1 is 1.14 bits per heavy atom. The Kier molecular flexibility index (Phi) is 7.32. The summed E-state index contributed by atoms with van der Waals surface area (Å²) < 4.78 is 0. The van der Waals surface area contributed by atoms with Gasteiger partial charge in [0.1, 0.15) is 0 Å². The van der Waals surface area contributed by atoms with E-state index in [0.29, 0.717) is 23.8 Å².